The first-order valence-electron chi connectivity index (χ1n) is 4.98. The molecule has 0 fully saturated rings. The summed E-state index contributed by atoms with van der Waals surface area (Å²) < 4.78 is 0. The van der Waals surface area contributed by atoms with Gasteiger partial charge in [-0.3, -0.25) is 4.79 Å². The van der Waals surface area contributed by atoms with Gasteiger partial charge in [0.2, 0.25) is 0 Å². The topological polar surface area (TPSA) is 83.8 Å². The number of nitrogens with two attached hydrogens (primary N) is 1. The van der Waals surface area contributed by atoms with E-state index in [1.807, 2.05) is 0 Å². The summed E-state index contributed by atoms with van der Waals surface area (Å²) in [5.41, 5.74) is 6.48. The molecule has 1 aromatic carbocycles. The van der Waals surface area contributed by atoms with Crippen molar-refractivity contribution in [1.29, 1.82) is 0 Å². The Bertz CT molecular complexity index is 524. The lowest BCUT2D eigenvalue weighted by molar-refractivity contribution is 0.0950. The van der Waals surface area contributed by atoms with E-state index in [1.54, 1.807) is 24.5 Å². The van der Waals surface area contributed by atoms with Crippen LogP contribution in [-0.2, 0) is 6.54 Å². The Labute approximate surface area is 103 Å². The summed E-state index contributed by atoms with van der Waals surface area (Å²) in [7, 11) is 0. The minimum Gasteiger partial charge on any atom is -0.398 e. The minimum absolute atomic E-state index is 0.219. The molecule has 0 aliphatic carbocycles. The second kappa shape index (κ2) is 4.88. The fourth-order valence-corrected chi connectivity index (χ4v) is 1.51. The molecule has 2 rings (SSSR count). The number of benzene rings is 1. The SMILES string of the molecule is Nc1ccc(C(=O)NCc2ncc[nH]2)cc1Cl. The Balaban J connectivity index is 2.02. The third-order valence-corrected chi connectivity index (χ3v) is 2.56. The standard InChI is InChI=1S/C11H11ClN4O/c12-8-5-7(1-2-9(8)13)11(17)16-6-10-14-3-4-15-10/h1-5H,6,13H2,(H,14,15)(H,16,17). The van der Waals surface area contributed by atoms with Gasteiger partial charge in [0.05, 0.1) is 17.3 Å². The molecule has 0 spiro atoms. The van der Waals surface area contributed by atoms with Gasteiger partial charge in [0, 0.05) is 18.0 Å². The molecule has 1 heterocycles. The van der Waals surface area contributed by atoms with Crippen LogP contribution in [0.5, 0.6) is 0 Å². The molecule has 1 aromatic heterocycles. The van der Waals surface area contributed by atoms with Gasteiger partial charge in [-0.2, -0.15) is 0 Å². The molecule has 0 aliphatic heterocycles. The van der Waals surface area contributed by atoms with Gasteiger partial charge in [-0.15, -0.1) is 0 Å². The van der Waals surface area contributed by atoms with Gasteiger partial charge in [0.25, 0.3) is 5.91 Å². The zero-order chi connectivity index (χ0) is 12.3. The lowest BCUT2D eigenvalue weighted by Crippen LogP contribution is -2.23. The Morgan fingerprint density at radius 2 is 2.35 bits per heavy atom. The Kier molecular flexibility index (Phi) is 3.30. The number of halogens is 1. The molecule has 88 valence electrons. The van der Waals surface area contributed by atoms with Crippen molar-refractivity contribution in [2.75, 3.05) is 5.73 Å². The molecule has 0 bridgehead atoms. The van der Waals surface area contributed by atoms with Crippen LogP contribution in [0.15, 0.2) is 30.6 Å². The van der Waals surface area contributed by atoms with Gasteiger partial charge < -0.3 is 16.0 Å². The quantitative estimate of drug-likeness (QED) is 0.723. The molecule has 6 heteroatoms. The van der Waals surface area contributed by atoms with Gasteiger partial charge in [0.15, 0.2) is 0 Å². The average molecular weight is 251 g/mol. The van der Waals surface area contributed by atoms with Crippen molar-refractivity contribution in [3.8, 4) is 0 Å². The summed E-state index contributed by atoms with van der Waals surface area (Å²) in [6.45, 7) is 0.341. The van der Waals surface area contributed by atoms with Crippen LogP contribution in [0.25, 0.3) is 0 Å². The molecule has 17 heavy (non-hydrogen) atoms. The monoisotopic (exact) mass is 250 g/mol. The van der Waals surface area contributed by atoms with Crippen LogP contribution in [0.2, 0.25) is 5.02 Å². The maximum atomic E-state index is 11.8. The molecule has 0 aliphatic rings. The summed E-state index contributed by atoms with van der Waals surface area (Å²) in [5.74, 6) is 0.475. The van der Waals surface area contributed by atoms with Crippen molar-refractivity contribution >= 4 is 23.2 Å². The van der Waals surface area contributed by atoms with E-state index in [2.05, 4.69) is 15.3 Å². The summed E-state index contributed by atoms with van der Waals surface area (Å²) in [6, 6.07) is 4.76. The molecule has 5 nitrogen and oxygen atoms in total. The predicted molar refractivity (Wildman–Crippen MR) is 65.6 cm³/mol. The summed E-state index contributed by atoms with van der Waals surface area (Å²) in [6.07, 6.45) is 3.32. The summed E-state index contributed by atoms with van der Waals surface area (Å²) in [5, 5.41) is 3.09. The fraction of sp³-hybridized carbons (Fsp3) is 0.0909. The van der Waals surface area contributed by atoms with E-state index < -0.39 is 0 Å². The largest absolute Gasteiger partial charge is 0.398 e. The third kappa shape index (κ3) is 2.76. The Morgan fingerprint density at radius 1 is 1.53 bits per heavy atom. The lowest BCUT2D eigenvalue weighted by atomic mass is 10.2. The normalized spacial score (nSPS) is 10.2. The number of hydrogen-bond acceptors (Lipinski definition) is 3. The van der Waals surface area contributed by atoms with Crippen LogP contribution in [-0.4, -0.2) is 15.9 Å². The van der Waals surface area contributed by atoms with E-state index in [4.69, 9.17) is 17.3 Å². The number of rotatable bonds is 3. The highest BCUT2D eigenvalue weighted by atomic mass is 35.5. The zero-order valence-electron chi connectivity index (χ0n) is 8.90. The summed E-state index contributed by atoms with van der Waals surface area (Å²) in [4.78, 5) is 18.6. The molecule has 0 radical (unpaired) electrons. The number of amides is 1. The van der Waals surface area contributed by atoms with Gasteiger partial charge in [-0.25, -0.2) is 4.98 Å². The van der Waals surface area contributed by atoms with Crippen molar-refractivity contribution in [2.24, 2.45) is 0 Å². The number of nitrogen functional groups attached to an aromatic ring is 1. The number of nitrogens with zero attached hydrogens (tertiary/aromatic N) is 1. The van der Waals surface area contributed by atoms with Gasteiger partial charge >= 0.3 is 0 Å². The molecule has 0 saturated carbocycles. The number of imidazole rings is 1. The number of carbonyl (C=O) groups is 1. The highest BCUT2D eigenvalue weighted by Crippen LogP contribution is 2.19. The molecule has 0 saturated heterocycles. The zero-order valence-corrected chi connectivity index (χ0v) is 9.66. The highest BCUT2D eigenvalue weighted by molar-refractivity contribution is 6.33. The average Bonchev–Trinajstić information content (AvgIpc) is 2.82. The first-order valence-corrected chi connectivity index (χ1v) is 5.36. The smallest absolute Gasteiger partial charge is 0.251 e. The number of aromatic nitrogens is 2. The van der Waals surface area contributed by atoms with Crippen LogP contribution in [0.3, 0.4) is 0 Å². The maximum absolute atomic E-state index is 11.8. The van der Waals surface area contributed by atoms with E-state index in [-0.39, 0.29) is 5.91 Å². The van der Waals surface area contributed by atoms with Gasteiger partial charge in [-0.1, -0.05) is 11.6 Å². The van der Waals surface area contributed by atoms with E-state index in [9.17, 15) is 4.79 Å². The van der Waals surface area contributed by atoms with E-state index in [0.29, 0.717) is 28.6 Å². The van der Waals surface area contributed by atoms with Gasteiger partial charge in [-0.05, 0) is 18.2 Å². The predicted octanol–water partition coefficient (Wildman–Crippen LogP) is 1.58. The molecule has 0 atom stereocenters. The first-order chi connectivity index (χ1) is 8.16. The minimum atomic E-state index is -0.219. The Morgan fingerprint density at radius 3 is 3.00 bits per heavy atom. The van der Waals surface area contributed by atoms with Crippen LogP contribution >= 0.6 is 11.6 Å². The number of nitrogens with one attached hydrogen (secondary N) is 2. The number of hydrogen-bond donors (Lipinski definition) is 3. The van der Waals surface area contributed by atoms with Gasteiger partial charge in [0.1, 0.15) is 5.82 Å². The fourth-order valence-electron chi connectivity index (χ4n) is 1.33. The van der Waals surface area contributed by atoms with Crippen molar-refractivity contribution in [1.82, 2.24) is 15.3 Å². The molecule has 1 amide bonds. The Hall–Kier alpha value is -2.01. The van der Waals surface area contributed by atoms with Crippen LogP contribution in [0.4, 0.5) is 5.69 Å². The second-order valence-electron chi connectivity index (χ2n) is 3.45. The number of anilines is 1. The molecule has 2 aromatic rings. The van der Waals surface area contributed by atoms with Crippen LogP contribution in [0.1, 0.15) is 16.2 Å². The lowest BCUT2D eigenvalue weighted by Gasteiger charge is -2.05. The number of carbonyl (C=O) groups excluding carboxylic acids is 1. The van der Waals surface area contributed by atoms with Crippen LogP contribution in [0, 0.1) is 0 Å². The van der Waals surface area contributed by atoms with E-state index >= 15 is 0 Å². The maximum Gasteiger partial charge on any atom is 0.251 e. The van der Waals surface area contributed by atoms with Crippen molar-refractivity contribution < 1.29 is 4.79 Å². The number of aromatic amines is 1. The molecule has 4 N–H and O–H groups in total. The van der Waals surface area contributed by atoms with Crippen molar-refractivity contribution in [3.05, 3.63) is 47.0 Å². The number of H-pyrrole nitrogens is 1. The van der Waals surface area contributed by atoms with Crippen molar-refractivity contribution in [3.63, 3.8) is 0 Å². The molecular weight excluding hydrogens is 240 g/mol. The van der Waals surface area contributed by atoms with E-state index in [0.717, 1.165) is 0 Å². The first kappa shape index (κ1) is 11.5. The summed E-state index contributed by atoms with van der Waals surface area (Å²) >= 11 is 5.83. The van der Waals surface area contributed by atoms with Crippen molar-refractivity contribution in [2.45, 2.75) is 6.54 Å². The second-order valence-corrected chi connectivity index (χ2v) is 3.86. The van der Waals surface area contributed by atoms with E-state index in [1.165, 1.54) is 6.07 Å². The molecule has 0 unspecified atom stereocenters. The molecular formula is C11H11ClN4O. The van der Waals surface area contributed by atoms with Crippen LogP contribution < -0.4 is 11.1 Å². The highest BCUT2D eigenvalue weighted by Gasteiger charge is 2.07. The third-order valence-electron chi connectivity index (χ3n) is 2.23.